The Balaban J connectivity index is 1.53. The minimum Gasteiger partial charge on any atom is -0.464 e. The minimum absolute atomic E-state index is 0.0615. The quantitative estimate of drug-likeness (QED) is 0.332. The van der Waals surface area contributed by atoms with Crippen LogP contribution in [0.3, 0.4) is 0 Å². The fourth-order valence-electron chi connectivity index (χ4n) is 5.09. The van der Waals surface area contributed by atoms with Gasteiger partial charge in [-0.3, -0.25) is 14.8 Å². The van der Waals surface area contributed by atoms with Crippen molar-refractivity contribution in [2.45, 2.75) is 31.2 Å². The zero-order valence-electron chi connectivity index (χ0n) is 22.7. The number of aromatic nitrogens is 1. The molecule has 1 aromatic carbocycles. The second-order valence-corrected chi connectivity index (χ2v) is 9.59. The number of amides is 4. The zero-order valence-corrected chi connectivity index (χ0v) is 22.7. The van der Waals surface area contributed by atoms with E-state index in [-0.39, 0.29) is 12.1 Å². The molecule has 2 aliphatic heterocycles. The van der Waals surface area contributed by atoms with E-state index in [1.165, 1.54) is 6.07 Å². The van der Waals surface area contributed by atoms with Crippen LogP contribution in [0, 0.1) is 11.6 Å². The molecule has 0 radical (unpaired) electrons. The Labute approximate surface area is 235 Å². The molecule has 2 aliphatic rings. The molecule has 0 saturated carbocycles. The number of hydrazine groups is 1. The number of nitrogens with zero attached hydrogens (tertiary/aromatic N) is 5. The number of ether oxygens (including phenoxy) is 2. The fraction of sp³-hybridized carbons (Fsp3) is 0.393. The lowest BCUT2D eigenvalue weighted by molar-refractivity contribution is -0.139. The number of benzene rings is 1. The Morgan fingerprint density at radius 2 is 1.85 bits per heavy atom. The van der Waals surface area contributed by atoms with E-state index in [1.807, 2.05) is 18.2 Å². The molecule has 0 N–H and O–H groups in total. The summed E-state index contributed by atoms with van der Waals surface area (Å²) in [4.78, 5) is 58.1. The standard InChI is InChI=1S/C28H31F2N5O6/c1-40-26(37)25-17-24(20-7-8-21(29)22(30)16-20)35(27(38)34(25)28(39)41-2)33(18-36)13-5-12-32-14-9-19(10-15-32)23-6-3-4-11-31-23/h3-4,6-8,11,16-19,24H,5,9-10,12-15H2,1-2H3. The number of urea groups is 1. The summed E-state index contributed by atoms with van der Waals surface area (Å²) < 4.78 is 37.3. The number of carbonyl (C=O) groups is 4. The number of imide groups is 1. The summed E-state index contributed by atoms with van der Waals surface area (Å²) in [7, 11) is 2.07. The van der Waals surface area contributed by atoms with Gasteiger partial charge in [0.1, 0.15) is 11.7 Å². The van der Waals surface area contributed by atoms with Crippen LogP contribution in [-0.4, -0.2) is 89.7 Å². The molecule has 0 spiro atoms. The number of halogens is 2. The number of pyridine rings is 1. The first-order valence-electron chi connectivity index (χ1n) is 13.1. The highest BCUT2D eigenvalue weighted by Gasteiger charge is 2.44. The van der Waals surface area contributed by atoms with Gasteiger partial charge in [0.25, 0.3) is 0 Å². The highest BCUT2D eigenvalue weighted by molar-refractivity contribution is 6.04. The number of piperidine rings is 1. The average Bonchev–Trinajstić information content (AvgIpc) is 3.00. The topological polar surface area (TPSA) is 113 Å². The van der Waals surface area contributed by atoms with Crippen LogP contribution in [0.1, 0.15) is 42.5 Å². The average molecular weight is 572 g/mol. The van der Waals surface area contributed by atoms with Crippen LogP contribution in [0.4, 0.5) is 18.4 Å². The van der Waals surface area contributed by atoms with Crippen LogP contribution in [0.2, 0.25) is 0 Å². The van der Waals surface area contributed by atoms with Gasteiger partial charge in [0.05, 0.1) is 14.2 Å². The molecular weight excluding hydrogens is 540 g/mol. The summed E-state index contributed by atoms with van der Waals surface area (Å²) in [5, 5.41) is 1.96. The van der Waals surface area contributed by atoms with Gasteiger partial charge in [-0.05, 0) is 74.8 Å². The Bertz CT molecular complexity index is 1300. The molecule has 3 heterocycles. The fourth-order valence-corrected chi connectivity index (χ4v) is 5.09. The lowest BCUT2D eigenvalue weighted by Crippen LogP contribution is -2.58. The second kappa shape index (κ2) is 13.3. The van der Waals surface area contributed by atoms with Crippen molar-refractivity contribution < 1.29 is 37.4 Å². The summed E-state index contributed by atoms with van der Waals surface area (Å²) in [6.07, 6.45) is 4.50. The SMILES string of the molecule is COC(=O)C1=CC(c2ccc(F)c(F)c2)N(N(C=O)CCCN2CCC(c3ccccn3)CC2)C(=O)N1C(=O)OC. The summed E-state index contributed by atoms with van der Waals surface area (Å²) in [5.74, 6) is -2.97. The molecule has 0 aliphatic carbocycles. The molecule has 1 unspecified atom stereocenters. The molecule has 1 aromatic heterocycles. The number of hydrogen-bond acceptors (Lipinski definition) is 8. The minimum atomic E-state index is -1.24. The van der Waals surface area contributed by atoms with Crippen molar-refractivity contribution in [2.75, 3.05) is 40.4 Å². The van der Waals surface area contributed by atoms with Crippen molar-refractivity contribution in [3.8, 4) is 0 Å². The third-order valence-corrected chi connectivity index (χ3v) is 7.20. The molecule has 1 fully saturated rings. The first kappa shape index (κ1) is 29.6. The molecule has 2 aromatic rings. The van der Waals surface area contributed by atoms with Gasteiger partial charge >= 0.3 is 18.1 Å². The molecular formula is C28H31F2N5O6. The molecule has 1 atom stereocenters. The van der Waals surface area contributed by atoms with Crippen LogP contribution in [0.15, 0.2) is 54.4 Å². The molecule has 1 saturated heterocycles. The van der Waals surface area contributed by atoms with Crippen LogP contribution in [-0.2, 0) is 19.1 Å². The van der Waals surface area contributed by atoms with Crippen molar-refractivity contribution in [1.82, 2.24) is 24.8 Å². The first-order chi connectivity index (χ1) is 19.8. The third kappa shape index (κ3) is 6.51. The molecule has 218 valence electrons. The largest absolute Gasteiger partial charge is 0.464 e. The molecule has 13 heteroatoms. The third-order valence-electron chi connectivity index (χ3n) is 7.20. The first-order valence-corrected chi connectivity index (χ1v) is 13.1. The summed E-state index contributed by atoms with van der Waals surface area (Å²) in [5.41, 5.74) is 0.643. The van der Waals surface area contributed by atoms with E-state index < -0.39 is 41.5 Å². The van der Waals surface area contributed by atoms with Crippen molar-refractivity contribution in [2.24, 2.45) is 0 Å². The number of rotatable bonds is 9. The number of hydrogen-bond donors (Lipinski definition) is 0. The number of likely N-dealkylation sites (tertiary alicyclic amines) is 1. The Morgan fingerprint density at radius 1 is 1.10 bits per heavy atom. The van der Waals surface area contributed by atoms with Gasteiger partial charge in [0, 0.05) is 24.4 Å². The smallest absolute Gasteiger partial charge is 0.422 e. The predicted molar refractivity (Wildman–Crippen MR) is 141 cm³/mol. The highest BCUT2D eigenvalue weighted by Crippen LogP contribution is 2.34. The van der Waals surface area contributed by atoms with Crippen molar-refractivity contribution in [3.05, 3.63) is 77.3 Å². The maximum atomic E-state index is 14.2. The molecule has 4 rings (SSSR count). The van der Waals surface area contributed by atoms with E-state index in [1.54, 1.807) is 6.20 Å². The van der Waals surface area contributed by atoms with Crippen LogP contribution in [0.25, 0.3) is 0 Å². The van der Waals surface area contributed by atoms with Crippen molar-refractivity contribution in [1.29, 1.82) is 0 Å². The van der Waals surface area contributed by atoms with Crippen molar-refractivity contribution >= 4 is 24.5 Å². The maximum absolute atomic E-state index is 14.2. The monoisotopic (exact) mass is 571 g/mol. The summed E-state index contributed by atoms with van der Waals surface area (Å²) in [6.45, 7) is 2.36. The lowest BCUT2D eigenvalue weighted by Gasteiger charge is -2.42. The van der Waals surface area contributed by atoms with E-state index in [9.17, 15) is 28.0 Å². The molecule has 11 nitrogen and oxygen atoms in total. The van der Waals surface area contributed by atoms with Crippen LogP contribution >= 0.6 is 0 Å². The van der Waals surface area contributed by atoms with Crippen LogP contribution in [0.5, 0.6) is 0 Å². The number of carbonyl (C=O) groups excluding carboxylic acids is 4. The number of methoxy groups -OCH3 is 2. The summed E-state index contributed by atoms with van der Waals surface area (Å²) in [6, 6.07) is 6.49. The maximum Gasteiger partial charge on any atom is 0.422 e. The van der Waals surface area contributed by atoms with Gasteiger partial charge in [0.15, 0.2) is 11.6 Å². The Hall–Kier alpha value is -4.39. The van der Waals surface area contributed by atoms with Gasteiger partial charge in [-0.2, -0.15) is 4.90 Å². The highest BCUT2D eigenvalue weighted by atomic mass is 19.2. The Kier molecular flexibility index (Phi) is 9.61. The van der Waals surface area contributed by atoms with E-state index in [0.717, 1.165) is 74.1 Å². The van der Waals surface area contributed by atoms with E-state index >= 15 is 0 Å². The lowest BCUT2D eigenvalue weighted by atomic mass is 9.93. The van der Waals surface area contributed by atoms with Gasteiger partial charge in [0.2, 0.25) is 6.41 Å². The van der Waals surface area contributed by atoms with Crippen molar-refractivity contribution in [3.63, 3.8) is 0 Å². The second-order valence-electron chi connectivity index (χ2n) is 9.59. The van der Waals surface area contributed by atoms with Gasteiger partial charge in [-0.1, -0.05) is 12.1 Å². The van der Waals surface area contributed by atoms with E-state index in [4.69, 9.17) is 4.74 Å². The zero-order chi connectivity index (χ0) is 29.5. The normalized spacial score (nSPS) is 18.1. The summed E-state index contributed by atoms with van der Waals surface area (Å²) >= 11 is 0. The molecule has 41 heavy (non-hydrogen) atoms. The van der Waals surface area contributed by atoms with Gasteiger partial charge < -0.3 is 14.4 Å². The number of esters is 1. The molecule has 0 bridgehead atoms. The Morgan fingerprint density at radius 3 is 2.46 bits per heavy atom. The van der Waals surface area contributed by atoms with E-state index in [0.29, 0.717) is 30.2 Å². The predicted octanol–water partition coefficient (Wildman–Crippen LogP) is 3.60. The van der Waals surface area contributed by atoms with Crippen LogP contribution < -0.4 is 0 Å². The van der Waals surface area contributed by atoms with Gasteiger partial charge in [-0.25, -0.2) is 28.2 Å². The van der Waals surface area contributed by atoms with Gasteiger partial charge in [-0.15, -0.1) is 0 Å². The molecule has 4 amide bonds. The van der Waals surface area contributed by atoms with E-state index in [2.05, 4.69) is 14.6 Å².